The van der Waals surface area contributed by atoms with Gasteiger partial charge >= 0.3 is 5.97 Å². The third kappa shape index (κ3) is 2.82. The zero-order valence-corrected chi connectivity index (χ0v) is 14.0. The van der Waals surface area contributed by atoms with Gasteiger partial charge in [-0.25, -0.2) is 13.9 Å². The monoisotopic (exact) mass is 374 g/mol. The highest BCUT2D eigenvalue weighted by Crippen LogP contribution is 2.36. The van der Waals surface area contributed by atoms with E-state index < -0.39 is 17.2 Å². The van der Waals surface area contributed by atoms with E-state index in [1.807, 2.05) is 20.8 Å². The normalized spacial score (nSPS) is 11.7. The van der Waals surface area contributed by atoms with Crippen LogP contribution in [0.2, 0.25) is 5.02 Å². The fraction of sp³-hybridized carbons (Fsp3) is 0.286. The van der Waals surface area contributed by atoms with Crippen LogP contribution in [-0.2, 0) is 5.41 Å². The highest BCUT2D eigenvalue weighted by Gasteiger charge is 2.31. The Labute approximate surface area is 134 Å². The van der Waals surface area contributed by atoms with Gasteiger partial charge in [0.15, 0.2) is 5.69 Å². The Morgan fingerprint density at radius 1 is 1.43 bits per heavy atom. The zero-order valence-electron chi connectivity index (χ0n) is 11.6. The minimum atomic E-state index is -1.20. The number of aromatic carboxylic acids is 1. The van der Waals surface area contributed by atoms with Gasteiger partial charge in [0.1, 0.15) is 11.5 Å². The summed E-state index contributed by atoms with van der Waals surface area (Å²) in [6, 6.07) is 4.26. The van der Waals surface area contributed by atoms with Gasteiger partial charge in [0, 0.05) is 5.41 Å². The van der Waals surface area contributed by atoms with Crippen LogP contribution in [0.4, 0.5) is 4.39 Å². The molecule has 0 spiro atoms. The second-order valence-electron chi connectivity index (χ2n) is 5.55. The summed E-state index contributed by atoms with van der Waals surface area (Å²) in [6.07, 6.45) is 0. The molecule has 0 aliphatic heterocycles. The molecule has 0 atom stereocenters. The maximum absolute atomic E-state index is 14.1. The number of benzene rings is 1. The molecule has 1 aromatic carbocycles. The van der Waals surface area contributed by atoms with E-state index in [0.717, 1.165) is 0 Å². The molecular weight excluding hydrogens is 363 g/mol. The van der Waals surface area contributed by atoms with Gasteiger partial charge in [0.25, 0.3) is 0 Å². The first-order chi connectivity index (χ1) is 9.64. The molecule has 1 N–H and O–H groups in total. The van der Waals surface area contributed by atoms with Crippen molar-refractivity contribution in [2.75, 3.05) is 0 Å². The molecule has 112 valence electrons. The summed E-state index contributed by atoms with van der Waals surface area (Å²) in [5.74, 6) is -1.77. The standard InChI is InChI=1S/C14H13BrClFN2O2/c1-14(2,3)12-9(15)10(13(20)21)18-19(12)11-7(16)5-4-6-8(11)17/h4-6H,1-3H3,(H,20,21). The molecule has 0 radical (unpaired) electrons. The smallest absolute Gasteiger partial charge is 0.357 e. The molecule has 1 aromatic heterocycles. The minimum Gasteiger partial charge on any atom is -0.476 e. The van der Waals surface area contributed by atoms with E-state index in [0.29, 0.717) is 10.2 Å². The molecule has 0 amide bonds. The second-order valence-corrected chi connectivity index (χ2v) is 6.75. The first-order valence-corrected chi connectivity index (χ1v) is 7.28. The Morgan fingerprint density at radius 3 is 2.52 bits per heavy atom. The lowest BCUT2D eigenvalue weighted by molar-refractivity contribution is 0.0689. The average Bonchev–Trinajstić information content (AvgIpc) is 2.66. The number of aromatic nitrogens is 2. The van der Waals surface area contributed by atoms with Crippen LogP contribution < -0.4 is 0 Å². The summed E-state index contributed by atoms with van der Waals surface area (Å²) in [6.45, 7) is 5.64. The molecule has 2 rings (SSSR count). The predicted octanol–water partition coefficient (Wildman–Crippen LogP) is 4.42. The number of hydrogen-bond donors (Lipinski definition) is 1. The van der Waals surface area contributed by atoms with E-state index in [9.17, 15) is 14.3 Å². The third-order valence-corrected chi connectivity index (χ3v) is 3.95. The van der Waals surface area contributed by atoms with Crippen molar-refractivity contribution >= 4 is 33.5 Å². The molecule has 7 heteroatoms. The van der Waals surface area contributed by atoms with Crippen LogP contribution in [-0.4, -0.2) is 20.9 Å². The Hall–Kier alpha value is -1.40. The lowest BCUT2D eigenvalue weighted by atomic mass is 9.91. The third-order valence-electron chi connectivity index (χ3n) is 2.89. The van der Waals surface area contributed by atoms with Gasteiger partial charge in [-0.1, -0.05) is 38.4 Å². The summed E-state index contributed by atoms with van der Waals surface area (Å²) in [5.41, 5.74) is -0.0750. The largest absolute Gasteiger partial charge is 0.476 e. The summed E-state index contributed by atoms with van der Waals surface area (Å²) in [7, 11) is 0. The van der Waals surface area contributed by atoms with Crippen molar-refractivity contribution in [3.05, 3.63) is 44.9 Å². The van der Waals surface area contributed by atoms with E-state index in [2.05, 4.69) is 21.0 Å². The summed E-state index contributed by atoms with van der Waals surface area (Å²) >= 11 is 9.32. The van der Waals surface area contributed by atoms with Gasteiger partial charge in [-0.05, 0) is 28.1 Å². The van der Waals surface area contributed by atoms with Crippen molar-refractivity contribution in [2.45, 2.75) is 26.2 Å². The quantitative estimate of drug-likeness (QED) is 0.845. The molecule has 0 aliphatic carbocycles. The number of carboxylic acids is 1. The number of rotatable bonds is 2. The van der Waals surface area contributed by atoms with Gasteiger partial charge in [-0.2, -0.15) is 5.10 Å². The van der Waals surface area contributed by atoms with Crippen molar-refractivity contribution in [1.29, 1.82) is 0 Å². The van der Waals surface area contributed by atoms with Crippen LogP contribution in [0.5, 0.6) is 0 Å². The van der Waals surface area contributed by atoms with Crippen molar-refractivity contribution in [2.24, 2.45) is 0 Å². The molecule has 0 unspecified atom stereocenters. The number of para-hydroxylation sites is 1. The minimum absolute atomic E-state index is 0.0392. The van der Waals surface area contributed by atoms with Crippen molar-refractivity contribution in [1.82, 2.24) is 9.78 Å². The van der Waals surface area contributed by atoms with Crippen LogP contribution >= 0.6 is 27.5 Å². The highest BCUT2D eigenvalue weighted by atomic mass is 79.9. The Morgan fingerprint density at radius 2 is 2.05 bits per heavy atom. The van der Waals surface area contributed by atoms with E-state index in [-0.39, 0.29) is 16.4 Å². The Balaban J connectivity index is 2.86. The SMILES string of the molecule is CC(C)(C)c1c(Br)c(C(=O)O)nn1-c1c(F)cccc1Cl. The van der Waals surface area contributed by atoms with Gasteiger partial charge in [0.05, 0.1) is 15.2 Å². The van der Waals surface area contributed by atoms with E-state index in [1.54, 1.807) is 0 Å². The number of carbonyl (C=O) groups is 1. The molecule has 0 saturated carbocycles. The van der Waals surface area contributed by atoms with Crippen LogP contribution in [0.1, 0.15) is 37.0 Å². The van der Waals surface area contributed by atoms with Gasteiger partial charge in [-0.15, -0.1) is 0 Å². The predicted molar refractivity (Wildman–Crippen MR) is 81.9 cm³/mol. The maximum Gasteiger partial charge on any atom is 0.357 e. The van der Waals surface area contributed by atoms with E-state index >= 15 is 0 Å². The molecule has 4 nitrogen and oxygen atoms in total. The fourth-order valence-corrected chi connectivity index (χ4v) is 3.29. The summed E-state index contributed by atoms with van der Waals surface area (Å²) in [4.78, 5) is 11.3. The molecular formula is C14H13BrClFN2O2. The maximum atomic E-state index is 14.1. The lowest BCUT2D eigenvalue weighted by Crippen LogP contribution is -2.19. The number of hydrogen-bond acceptors (Lipinski definition) is 2. The molecule has 2 aromatic rings. The van der Waals surface area contributed by atoms with E-state index in [4.69, 9.17) is 11.6 Å². The number of nitrogens with zero attached hydrogens (tertiary/aromatic N) is 2. The molecule has 0 fully saturated rings. The van der Waals surface area contributed by atoms with Crippen molar-refractivity contribution in [3.63, 3.8) is 0 Å². The molecule has 1 heterocycles. The van der Waals surface area contributed by atoms with Gasteiger partial charge in [0.2, 0.25) is 0 Å². The van der Waals surface area contributed by atoms with Crippen LogP contribution in [0.15, 0.2) is 22.7 Å². The molecule has 0 bridgehead atoms. The van der Waals surface area contributed by atoms with E-state index in [1.165, 1.54) is 22.9 Å². The fourth-order valence-electron chi connectivity index (χ4n) is 2.04. The average molecular weight is 376 g/mol. The van der Waals surface area contributed by atoms with Crippen molar-refractivity contribution < 1.29 is 14.3 Å². The van der Waals surface area contributed by atoms with Gasteiger partial charge in [-0.3, -0.25) is 0 Å². The number of halogens is 3. The van der Waals surface area contributed by atoms with Crippen LogP contribution in [0, 0.1) is 5.82 Å². The van der Waals surface area contributed by atoms with Crippen LogP contribution in [0.3, 0.4) is 0 Å². The summed E-state index contributed by atoms with van der Waals surface area (Å²) in [5, 5.41) is 13.4. The Bertz CT molecular complexity index is 702. The number of carboxylic acid groups (broad SMARTS) is 1. The molecule has 0 aliphatic rings. The first kappa shape index (κ1) is 16.0. The molecule has 21 heavy (non-hydrogen) atoms. The topological polar surface area (TPSA) is 55.1 Å². The zero-order chi connectivity index (χ0) is 15.9. The van der Waals surface area contributed by atoms with Crippen molar-refractivity contribution in [3.8, 4) is 5.69 Å². The highest BCUT2D eigenvalue weighted by molar-refractivity contribution is 9.10. The Kier molecular flexibility index (Phi) is 4.13. The van der Waals surface area contributed by atoms with Gasteiger partial charge < -0.3 is 5.11 Å². The lowest BCUT2D eigenvalue weighted by Gasteiger charge is -2.21. The molecule has 0 saturated heterocycles. The first-order valence-electron chi connectivity index (χ1n) is 6.11. The van der Waals surface area contributed by atoms with Crippen LogP contribution in [0.25, 0.3) is 5.69 Å². The summed E-state index contributed by atoms with van der Waals surface area (Å²) < 4.78 is 15.7. The second kappa shape index (κ2) is 5.42.